The first kappa shape index (κ1) is 17.8. The summed E-state index contributed by atoms with van der Waals surface area (Å²) in [5.41, 5.74) is 2.41. The van der Waals surface area contributed by atoms with Gasteiger partial charge >= 0.3 is 0 Å². The summed E-state index contributed by atoms with van der Waals surface area (Å²) in [5.74, 6) is 1.90. The number of aromatic nitrogens is 3. The van der Waals surface area contributed by atoms with Crippen LogP contribution in [0.4, 0.5) is 0 Å². The van der Waals surface area contributed by atoms with Gasteiger partial charge in [0, 0.05) is 15.9 Å². The molecule has 0 aliphatic carbocycles. The van der Waals surface area contributed by atoms with Crippen molar-refractivity contribution in [3.63, 3.8) is 0 Å². The smallest absolute Gasteiger partial charge is 0.196 e. The summed E-state index contributed by atoms with van der Waals surface area (Å²) in [4.78, 5) is 2.46. The van der Waals surface area contributed by atoms with Crippen LogP contribution in [0.3, 0.4) is 0 Å². The van der Waals surface area contributed by atoms with Crippen LogP contribution in [0.15, 0.2) is 64.2 Å². The number of benzene rings is 2. The molecule has 4 rings (SSSR count). The van der Waals surface area contributed by atoms with Crippen LogP contribution < -0.4 is 0 Å². The number of thioether (sulfide) groups is 1. The maximum atomic E-state index is 4.53. The van der Waals surface area contributed by atoms with Crippen molar-refractivity contribution in [1.29, 1.82) is 0 Å². The summed E-state index contributed by atoms with van der Waals surface area (Å²) in [6.07, 6.45) is 2.56. The second-order valence-corrected chi connectivity index (χ2v) is 8.33. The molecule has 1 aliphatic rings. The van der Waals surface area contributed by atoms with Crippen LogP contribution >= 0.6 is 27.7 Å². The zero-order valence-electron chi connectivity index (χ0n) is 14.5. The topological polar surface area (TPSA) is 34.0 Å². The monoisotopic (exact) mass is 428 g/mol. The Morgan fingerprint density at radius 2 is 1.65 bits per heavy atom. The second-order valence-electron chi connectivity index (χ2n) is 6.47. The molecule has 134 valence electrons. The molecule has 4 nitrogen and oxygen atoms in total. The quantitative estimate of drug-likeness (QED) is 0.521. The molecule has 0 atom stereocenters. The fraction of sp³-hybridized carbons (Fsp3) is 0.300. The average molecular weight is 429 g/mol. The van der Waals surface area contributed by atoms with Crippen LogP contribution in [0.2, 0.25) is 0 Å². The highest BCUT2D eigenvalue weighted by atomic mass is 79.9. The van der Waals surface area contributed by atoms with Crippen LogP contribution in [0.25, 0.3) is 5.69 Å². The Hall–Kier alpha value is -1.63. The van der Waals surface area contributed by atoms with E-state index in [2.05, 4.69) is 84.1 Å². The second kappa shape index (κ2) is 8.37. The van der Waals surface area contributed by atoms with Crippen LogP contribution in [0, 0.1) is 0 Å². The first-order valence-electron chi connectivity index (χ1n) is 8.89. The lowest BCUT2D eigenvalue weighted by atomic mass is 10.2. The van der Waals surface area contributed by atoms with Crippen LogP contribution in [0.5, 0.6) is 0 Å². The fourth-order valence-corrected chi connectivity index (χ4v) is 4.39. The number of nitrogens with zero attached hydrogens (tertiary/aromatic N) is 4. The number of para-hydroxylation sites is 1. The molecule has 1 aromatic heterocycles. The highest BCUT2D eigenvalue weighted by Crippen LogP contribution is 2.26. The molecule has 0 N–H and O–H groups in total. The van der Waals surface area contributed by atoms with Crippen LogP contribution in [-0.4, -0.2) is 32.8 Å². The van der Waals surface area contributed by atoms with Crippen LogP contribution in [-0.2, 0) is 12.3 Å². The largest absolute Gasteiger partial charge is 0.296 e. The van der Waals surface area contributed by atoms with Crippen molar-refractivity contribution >= 4 is 27.7 Å². The maximum absolute atomic E-state index is 4.53. The molecule has 0 saturated carbocycles. The van der Waals surface area contributed by atoms with Gasteiger partial charge in [0.15, 0.2) is 11.0 Å². The van der Waals surface area contributed by atoms with Gasteiger partial charge in [0.05, 0.1) is 6.54 Å². The highest BCUT2D eigenvalue weighted by molar-refractivity contribution is 9.10. The van der Waals surface area contributed by atoms with E-state index in [1.54, 1.807) is 11.8 Å². The van der Waals surface area contributed by atoms with E-state index in [1.807, 2.05) is 6.07 Å². The molecule has 6 heteroatoms. The van der Waals surface area contributed by atoms with Crippen molar-refractivity contribution in [2.24, 2.45) is 0 Å². The normalized spacial score (nSPS) is 14.8. The van der Waals surface area contributed by atoms with E-state index in [0.717, 1.165) is 46.5 Å². The van der Waals surface area contributed by atoms with E-state index in [1.165, 1.54) is 18.4 Å². The zero-order chi connectivity index (χ0) is 17.8. The van der Waals surface area contributed by atoms with Crippen molar-refractivity contribution in [3.05, 3.63) is 70.5 Å². The number of hydrogen-bond donors (Lipinski definition) is 0. The first-order chi connectivity index (χ1) is 12.8. The minimum atomic E-state index is 0.862. The minimum absolute atomic E-state index is 0.862. The molecular weight excluding hydrogens is 408 g/mol. The van der Waals surface area contributed by atoms with Gasteiger partial charge in [-0.15, -0.1) is 10.2 Å². The van der Waals surface area contributed by atoms with Gasteiger partial charge in [-0.25, -0.2) is 0 Å². The Morgan fingerprint density at radius 3 is 2.38 bits per heavy atom. The summed E-state index contributed by atoms with van der Waals surface area (Å²) < 4.78 is 3.31. The molecule has 1 aliphatic heterocycles. The van der Waals surface area contributed by atoms with Gasteiger partial charge in [-0.05, 0) is 55.8 Å². The minimum Gasteiger partial charge on any atom is -0.296 e. The number of rotatable bonds is 6. The zero-order valence-corrected chi connectivity index (χ0v) is 16.9. The van der Waals surface area contributed by atoms with Crippen molar-refractivity contribution in [2.45, 2.75) is 30.3 Å². The lowest BCUT2D eigenvalue weighted by molar-refractivity contribution is 0.319. The maximum Gasteiger partial charge on any atom is 0.196 e. The van der Waals surface area contributed by atoms with Gasteiger partial charge in [-0.2, -0.15) is 0 Å². The molecule has 0 spiro atoms. The average Bonchev–Trinajstić information content (AvgIpc) is 3.32. The van der Waals surface area contributed by atoms with Crippen molar-refractivity contribution in [2.75, 3.05) is 13.1 Å². The standard InChI is InChI=1S/C20H21BrN4S/c21-17-10-8-16(9-11-17)15-26-20-23-22-19(14-24-12-4-5-13-24)25(20)18-6-2-1-3-7-18/h1-3,6-11H,4-5,12-15H2. The lowest BCUT2D eigenvalue weighted by Gasteiger charge is -2.16. The van der Waals surface area contributed by atoms with Gasteiger partial charge < -0.3 is 0 Å². The SMILES string of the molecule is Brc1ccc(CSc2nnc(CN3CCCC3)n2-c2ccccc2)cc1. The molecule has 3 aromatic rings. The van der Waals surface area contributed by atoms with Crippen molar-refractivity contribution in [3.8, 4) is 5.69 Å². The molecule has 1 saturated heterocycles. The number of likely N-dealkylation sites (tertiary alicyclic amines) is 1. The predicted octanol–water partition coefficient (Wildman–Crippen LogP) is 4.92. The van der Waals surface area contributed by atoms with E-state index in [4.69, 9.17) is 0 Å². The first-order valence-corrected chi connectivity index (χ1v) is 10.7. The Balaban J connectivity index is 1.58. The molecule has 2 heterocycles. The Kier molecular flexibility index (Phi) is 5.72. The van der Waals surface area contributed by atoms with Gasteiger partial charge in [0.25, 0.3) is 0 Å². The third-order valence-electron chi connectivity index (χ3n) is 4.56. The van der Waals surface area contributed by atoms with E-state index >= 15 is 0 Å². The molecule has 2 aromatic carbocycles. The van der Waals surface area contributed by atoms with Crippen molar-refractivity contribution < 1.29 is 0 Å². The third-order valence-corrected chi connectivity index (χ3v) is 6.09. The van der Waals surface area contributed by atoms with Crippen molar-refractivity contribution in [1.82, 2.24) is 19.7 Å². The van der Waals surface area contributed by atoms with E-state index < -0.39 is 0 Å². The van der Waals surface area contributed by atoms with Gasteiger partial charge in [-0.1, -0.05) is 58.0 Å². The Bertz CT molecular complexity index is 842. The molecule has 0 radical (unpaired) electrons. The molecular formula is C20H21BrN4S. The molecule has 0 unspecified atom stereocenters. The van der Waals surface area contributed by atoms with E-state index in [0.29, 0.717) is 0 Å². The summed E-state index contributed by atoms with van der Waals surface area (Å²) in [6, 6.07) is 18.9. The third kappa shape index (κ3) is 4.19. The van der Waals surface area contributed by atoms with Gasteiger partial charge in [0.1, 0.15) is 0 Å². The summed E-state index contributed by atoms with van der Waals surface area (Å²) in [5, 5.41) is 9.98. The van der Waals surface area contributed by atoms with Gasteiger partial charge in [-0.3, -0.25) is 9.47 Å². The molecule has 26 heavy (non-hydrogen) atoms. The van der Waals surface area contributed by atoms with E-state index in [9.17, 15) is 0 Å². The summed E-state index contributed by atoms with van der Waals surface area (Å²) in [7, 11) is 0. The lowest BCUT2D eigenvalue weighted by Crippen LogP contribution is -2.21. The summed E-state index contributed by atoms with van der Waals surface area (Å²) in [6.45, 7) is 3.17. The predicted molar refractivity (Wildman–Crippen MR) is 110 cm³/mol. The van der Waals surface area contributed by atoms with Crippen LogP contribution in [0.1, 0.15) is 24.2 Å². The molecule has 0 amide bonds. The molecule has 1 fully saturated rings. The Labute approximate surface area is 166 Å². The fourth-order valence-electron chi connectivity index (χ4n) is 3.20. The number of hydrogen-bond acceptors (Lipinski definition) is 4. The van der Waals surface area contributed by atoms with Gasteiger partial charge in [0.2, 0.25) is 0 Å². The van der Waals surface area contributed by atoms with E-state index in [-0.39, 0.29) is 0 Å². The summed E-state index contributed by atoms with van der Waals surface area (Å²) >= 11 is 5.23. The number of halogens is 1. The Morgan fingerprint density at radius 1 is 0.923 bits per heavy atom. The molecule has 0 bridgehead atoms. The highest BCUT2D eigenvalue weighted by Gasteiger charge is 2.19.